The number of anilines is 1. The molecule has 1 aromatic carbocycles. The maximum absolute atomic E-state index is 13.0. The second-order valence-corrected chi connectivity index (χ2v) is 6.91. The van der Waals surface area contributed by atoms with Crippen LogP contribution in [0.3, 0.4) is 0 Å². The lowest BCUT2D eigenvalue weighted by atomic mass is 10.0. The van der Waals surface area contributed by atoms with Crippen molar-refractivity contribution in [2.24, 2.45) is 0 Å². The standard InChI is InChI=1S/C19H24F3N5O/c1-4-27-7-5-6-14(11-27)24-18-23-10-15(25-26-18)17-12(2)8-13(19(20,21)22)9-16(17)28-3/h8-10,14H,4-7,11H2,1-3H3,(H,23,24,26)/t14-/m1/s1. The molecule has 0 spiro atoms. The molecule has 9 heteroatoms. The minimum absolute atomic E-state index is 0.0926. The lowest BCUT2D eigenvalue weighted by molar-refractivity contribution is -0.137. The second-order valence-electron chi connectivity index (χ2n) is 6.91. The maximum Gasteiger partial charge on any atom is 0.416 e. The fourth-order valence-corrected chi connectivity index (χ4v) is 3.51. The maximum atomic E-state index is 13.0. The first-order chi connectivity index (χ1) is 13.3. The van der Waals surface area contributed by atoms with Gasteiger partial charge < -0.3 is 15.0 Å². The molecule has 1 aliphatic heterocycles. The molecule has 2 aromatic rings. The molecule has 28 heavy (non-hydrogen) atoms. The summed E-state index contributed by atoms with van der Waals surface area (Å²) < 4.78 is 44.3. The fraction of sp³-hybridized carbons (Fsp3) is 0.526. The second kappa shape index (κ2) is 8.30. The predicted molar refractivity (Wildman–Crippen MR) is 100 cm³/mol. The van der Waals surface area contributed by atoms with E-state index < -0.39 is 11.7 Å². The topological polar surface area (TPSA) is 63.2 Å². The summed E-state index contributed by atoms with van der Waals surface area (Å²) in [7, 11) is 1.33. The molecule has 1 aromatic heterocycles. The Hall–Kier alpha value is -2.42. The van der Waals surface area contributed by atoms with Gasteiger partial charge >= 0.3 is 6.18 Å². The van der Waals surface area contributed by atoms with E-state index in [9.17, 15) is 13.2 Å². The van der Waals surface area contributed by atoms with Crippen molar-refractivity contribution in [3.63, 3.8) is 0 Å². The van der Waals surface area contributed by atoms with Gasteiger partial charge in [-0.1, -0.05) is 6.92 Å². The molecule has 0 radical (unpaired) electrons. The minimum Gasteiger partial charge on any atom is -0.496 e. The first-order valence-corrected chi connectivity index (χ1v) is 9.26. The van der Waals surface area contributed by atoms with Crippen molar-refractivity contribution in [2.45, 2.75) is 38.9 Å². The van der Waals surface area contributed by atoms with Gasteiger partial charge in [-0.2, -0.15) is 13.2 Å². The molecule has 0 unspecified atom stereocenters. The number of aromatic nitrogens is 3. The van der Waals surface area contributed by atoms with E-state index in [2.05, 4.69) is 32.3 Å². The number of likely N-dealkylation sites (tertiary alicyclic amines) is 1. The van der Waals surface area contributed by atoms with E-state index in [4.69, 9.17) is 4.74 Å². The molecule has 0 bridgehead atoms. The first-order valence-electron chi connectivity index (χ1n) is 9.26. The van der Waals surface area contributed by atoms with E-state index in [-0.39, 0.29) is 11.8 Å². The van der Waals surface area contributed by atoms with Gasteiger partial charge in [0.1, 0.15) is 11.4 Å². The van der Waals surface area contributed by atoms with Crippen LogP contribution in [0.15, 0.2) is 18.3 Å². The molecular formula is C19H24F3N5O. The Morgan fingerprint density at radius 3 is 2.68 bits per heavy atom. The van der Waals surface area contributed by atoms with Crippen LogP contribution >= 0.6 is 0 Å². The molecule has 0 amide bonds. The molecule has 0 saturated carbocycles. The molecule has 1 N–H and O–H groups in total. The van der Waals surface area contributed by atoms with E-state index in [1.807, 2.05) is 0 Å². The molecule has 2 heterocycles. The van der Waals surface area contributed by atoms with E-state index >= 15 is 0 Å². The summed E-state index contributed by atoms with van der Waals surface area (Å²) in [6.45, 7) is 6.74. The van der Waals surface area contributed by atoms with Crippen LogP contribution in [0, 0.1) is 6.92 Å². The van der Waals surface area contributed by atoms with Crippen LogP contribution < -0.4 is 10.1 Å². The number of benzene rings is 1. The van der Waals surface area contributed by atoms with Gasteiger partial charge in [-0.3, -0.25) is 0 Å². The number of alkyl halides is 3. The summed E-state index contributed by atoms with van der Waals surface area (Å²) in [5, 5.41) is 11.6. The summed E-state index contributed by atoms with van der Waals surface area (Å²) in [5.74, 6) is 0.505. The number of piperidine rings is 1. The van der Waals surface area contributed by atoms with Crippen molar-refractivity contribution in [1.29, 1.82) is 0 Å². The average Bonchev–Trinajstić information content (AvgIpc) is 2.67. The van der Waals surface area contributed by atoms with Gasteiger partial charge in [0.15, 0.2) is 0 Å². The largest absolute Gasteiger partial charge is 0.496 e. The zero-order valence-electron chi connectivity index (χ0n) is 16.2. The van der Waals surface area contributed by atoms with Gasteiger partial charge in [0.25, 0.3) is 0 Å². The lowest BCUT2D eigenvalue weighted by Gasteiger charge is -2.32. The van der Waals surface area contributed by atoms with Crippen molar-refractivity contribution in [3.8, 4) is 17.0 Å². The Balaban J connectivity index is 1.81. The fourth-order valence-electron chi connectivity index (χ4n) is 3.51. The summed E-state index contributed by atoms with van der Waals surface area (Å²) in [4.78, 5) is 6.67. The van der Waals surface area contributed by atoms with Gasteiger partial charge in [0.05, 0.1) is 18.9 Å². The number of methoxy groups -OCH3 is 1. The number of likely N-dealkylation sites (N-methyl/N-ethyl adjacent to an activating group) is 1. The molecule has 1 fully saturated rings. The third kappa shape index (κ3) is 4.52. The first kappa shape index (κ1) is 20.3. The highest BCUT2D eigenvalue weighted by Gasteiger charge is 2.32. The van der Waals surface area contributed by atoms with Crippen molar-refractivity contribution in [1.82, 2.24) is 20.1 Å². The highest BCUT2D eigenvalue weighted by atomic mass is 19.4. The summed E-state index contributed by atoms with van der Waals surface area (Å²) in [6.07, 6.45) is -0.791. The SMILES string of the molecule is CCN1CCC[C@@H](Nc2ncc(-c3c(C)cc(C(F)(F)F)cc3OC)nn2)C1. The number of nitrogens with zero attached hydrogens (tertiary/aromatic N) is 4. The van der Waals surface area contributed by atoms with Crippen molar-refractivity contribution < 1.29 is 17.9 Å². The van der Waals surface area contributed by atoms with Crippen LogP contribution in [0.25, 0.3) is 11.3 Å². The zero-order chi connectivity index (χ0) is 20.3. The van der Waals surface area contributed by atoms with Gasteiger partial charge in [0.2, 0.25) is 5.95 Å². The highest BCUT2D eigenvalue weighted by molar-refractivity contribution is 5.71. The zero-order valence-corrected chi connectivity index (χ0v) is 16.2. The molecule has 1 saturated heterocycles. The predicted octanol–water partition coefficient (Wildman–Crippen LogP) is 3.77. The Bertz CT molecular complexity index is 810. The normalized spacial score (nSPS) is 18.1. The van der Waals surface area contributed by atoms with Gasteiger partial charge in [-0.15, -0.1) is 10.2 Å². The van der Waals surface area contributed by atoms with Crippen LogP contribution in [-0.4, -0.2) is 52.9 Å². The van der Waals surface area contributed by atoms with E-state index in [1.165, 1.54) is 13.3 Å². The van der Waals surface area contributed by atoms with Gasteiger partial charge in [0, 0.05) is 18.2 Å². The lowest BCUT2D eigenvalue weighted by Crippen LogP contribution is -2.42. The van der Waals surface area contributed by atoms with Crippen molar-refractivity contribution in [2.75, 3.05) is 32.1 Å². The Morgan fingerprint density at radius 1 is 1.29 bits per heavy atom. The van der Waals surface area contributed by atoms with Gasteiger partial charge in [-0.05, 0) is 50.6 Å². The molecule has 1 aliphatic rings. The Morgan fingerprint density at radius 2 is 2.07 bits per heavy atom. The molecular weight excluding hydrogens is 371 g/mol. The average molecular weight is 395 g/mol. The third-order valence-electron chi connectivity index (χ3n) is 4.95. The third-order valence-corrected chi connectivity index (χ3v) is 4.95. The van der Waals surface area contributed by atoms with Crippen molar-refractivity contribution in [3.05, 3.63) is 29.5 Å². The molecule has 6 nitrogen and oxygen atoms in total. The van der Waals surface area contributed by atoms with Crippen LogP contribution in [0.2, 0.25) is 0 Å². The van der Waals surface area contributed by atoms with Crippen LogP contribution in [0.4, 0.5) is 19.1 Å². The number of halogens is 3. The Labute approximate surface area is 162 Å². The van der Waals surface area contributed by atoms with Crippen LogP contribution in [-0.2, 0) is 6.18 Å². The summed E-state index contributed by atoms with van der Waals surface area (Å²) in [5.41, 5.74) is 0.460. The molecule has 152 valence electrons. The molecule has 1 atom stereocenters. The summed E-state index contributed by atoms with van der Waals surface area (Å²) in [6, 6.07) is 2.30. The minimum atomic E-state index is -4.44. The Kier molecular flexibility index (Phi) is 6.02. The number of rotatable bonds is 5. The van der Waals surface area contributed by atoms with Gasteiger partial charge in [-0.25, -0.2) is 4.98 Å². The number of hydrogen-bond acceptors (Lipinski definition) is 6. The number of ether oxygens (including phenoxy) is 1. The number of hydrogen-bond donors (Lipinski definition) is 1. The van der Waals surface area contributed by atoms with Crippen LogP contribution in [0.1, 0.15) is 30.9 Å². The van der Waals surface area contributed by atoms with E-state index in [1.54, 1.807) is 6.92 Å². The monoisotopic (exact) mass is 395 g/mol. The highest BCUT2D eigenvalue weighted by Crippen LogP contribution is 2.38. The van der Waals surface area contributed by atoms with Crippen molar-refractivity contribution >= 4 is 5.95 Å². The quantitative estimate of drug-likeness (QED) is 0.832. The number of aryl methyl sites for hydroxylation is 1. The molecule has 3 rings (SSSR count). The molecule has 0 aliphatic carbocycles. The summed E-state index contributed by atoms with van der Waals surface area (Å²) >= 11 is 0. The van der Waals surface area contributed by atoms with E-state index in [0.717, 1.165) is 44.6 Å². The smallest absolute Gasteiger partial charge is 0.416 e. The van der Waals surface area contributed by atoms with E-state index in [0.29, 0.717) is 22.8 Å². The number of nitrogens with one attached hydrogen (secondary N) is 1. The van der Waals surface area contributed by atoms with Crippen LogP contribution in [0.5, 0.6) is 5.75 Å².